The van der Waals surface area contributed by atoms with Crippen LogP contribution in [0.1, 0.15) is 50.3 Å². The van der Waals surface area contributed by atoms with E-state index in [9.17, 15) is 0 Å². The molecule has 2 fully saturated rings. The van der Waals surface area contributed by atoms with Gasteiger partial charge in [0, 0.05) is 11.7 Å². The van der Waals surface area contributed by atoms with Crippen molar-refractivity contribution in [2.45, 2.75) is 50.1 Å². The molecule has 1 aliphatic carbocycles. The number of hydrogen-bond donors (Lipinski definition) is 1. The Bertz CT molecular complexity index is 451. The number of rotatable bonds is 4. The van der Waals surface area contributed by atoms with E-state index in [1.165, 1.54) is 51.6 Å². The molecule has 0 spiro atoms. The van der Waals surface area contributed by atoms with Crippen LogP contribution in [-0.2, 0) is 0 Å². The second-order valence-electron chi connectivity index (χ2n) is 6.07. The zero-order valence-corrected chi connectivity index (χ0v) is 12.3. The first-order valence-electron chi connectivity index (χ1n) is 7.77. The topological polar surface area (TPSA) is 51.4 Å². The zero-order chi connectivity index (χ0) is 14.0. The lowest BCUT2D eigenvalue weighted by Gasteiger charge is -2.43. The Morgan fingerprint density at radius 3 is 2.60 bits per heavy atom. The van der Waals surface area contributed by atoms with Crippen LogP contribution in [0.3, 0.4) is 0 Å². The van der Waals surface area contributed by atoms with E-state index in [2.05, 4.69) is 9.88 Å². The van der Waals surface area contributed by atoms with E-state index in [4.69, 9.17) is 10.5 Å². The van der Waals surface area contributed by atoms with Gasteiger partial charge in [-0.15, -0.1) is 0 Å². The smallest absolute Gasteiger partial charge is 0.142 e. The lowest BCUT2D eigenvalue weighted by atomic mass is 9.84. The Labute approximate surface area is 121 Å². The fourth-order valence-electron chi connectivity index (χ4n) is 4.04. The third-order valence-electron chi connectivity index (χ3n) is 5.10. The van der Waals surface area contributed by atoms with Crippen LogP contribution < -0.4 is 10.5 Å². The van der Waals surface area contributed by atoms with Crippen molar-refractivity contribution in [1.82, 2.24) is 9.88 Å². The molecule has 1 saturated heterocycles. The number of likely N-dealkylation sites (tertiary alicyclic amines) is 1. The van der Waals surface area contributed by atoms with Crippen molar-refractivity contribution < 1.29 is 4.74 Å². The van der Waals surface area contributed by atoms with E-state index < -0.39 is 0 Å². The van der Waals surface area contributed by atoms with Crippen LogP contribution in [0.25, 0.3) is 0 Å². The minimum absolute atomic E-state index is 0.0563. The molecule has 1 aromatic heterocycles. The SMILES string of the molecule is COc1cccnc1C(N)C1(N2CCCC2)CCCC1. The minimum Gasteiger partial charge on any atom is -0.495 e. The Balaban J connectivity index is 1.94. The molecule has 0 amide bonds. The van der Waals surface area contributed by atoms with Crippen LogP contribution in [0, 0.1) is 0 Å². The Morgan fingerprint density at radius 1 is 1.25 bits per heavy atom. The zero-order valence-electron chi connectivity index (χ0n) is 12.3. The lowest BCUT2D eigenvalue weighted by Crippen LogP contribution is -2.52. The molecular weight excluding hydrogens is 250 g/mol. The van der Waals surface area contributed by atoms with Gasteiger partial charge in [0.15, 0.2) is 0 Å². The Kier molecular flexibility index (Phi) is 3.94. The van der Waals surface area contributed by atoms with Crippen LogP contribution in [0.4, 0.5) is 0 Å². The van der Waals surface area contributed by atoms with E-state index in [1.807, 2.05) is 18.3 Å². The highest BCUT2D eigenvalue weighted by Gasteiger charge is 2.46. The van der Waals surface area contributed by atoms with Crippen LogP contribution in [0.2, 0.25) is 0 Å². The van der Waals surface area contributed by atoms with Crippen molar-refractivity contribution in [1.29, 1.82) is 0 Å². The van der Waals surface area contributed by atoms with Gasteiger partial charge in [-0.2, -0.15) is 0 Å². The molecule has 0 aromatic carbocycles. The first kappa shape index (κ1) is 13.8. The molecule has 2 aliphatic rings. The van der Waals surface area contributed by atoms with E-state index in [1.54, 1.807) is 7.11 Å². The second kappa shape index (κ2) is 5.70. The van der Waals surface area contributed by atoms with Gasteiger partial charge in [-0.3, -0.25) is 9.88 Å². The number of pyridine rings is 1. The molecule has 1 unspecified atom stereocenters. The molecule has 110 valence electrons. The van der Waals surface area contributed by atoms with Gasteiger partial charge >= 0.3 is 0 Å². The van der Waals surface area contributed by atoms with E-state index in [0.29, 0.717) is 0 Å². The van der Waals surface area contributed by atoms with Crippen molar-refractivity contribution in [3.8, 4) is 5.75 Å². The fourth-order valence-corrected chi connectivity index (χ4v) is 4.04. The molecule has 3 rings (SSSR count). The van der Waals surface area contributed by atoms with Gasteiger partial charge in [0.25, 0.3) is 0 Å². The molecule has 20 heavy (non-hydrogen) atoms. The molecule has 0 radical (unpaired) electrons. The summed E-state index contributed by atoms with van der Waals surface area (Å²) in [6, 6.07) is 3.82. The molecule has 1 atom stereocenters. The quantitative estimate of drug-likeness (QED) is 0.917. The molecule has 2 N–H and O–H groups in total. The summed E-state index contributed by atoms with van der Waals surface area (Å²) >= 11 is 0. The predicted octanol–water partition coefficient (Wildman–Crippen LogP) is 2.50. The highest BCUT2D eigenvalue weighted by atomic mass is 16.5. The number of nitrogens with two attached hydrogens (primary N) is 1. The summed E-state index contributed by atoms with van der Waals surface area (Å²) in [6.45, 7) is 2.37. The van der Waals surface area contributed by atoms with Gasteiger partial charge in [0.1, 0.15) is 11.4 Å². The number of methoxy groups -OCH3 is 1. The third kappa shape index (κ3) is 2.21. The van der Waals surface area contributed by atoms with Crippen molar-refractivity contribution >= 4 is 0 Å². The largest absolute Gasteiger partial charge is 0.495 e. The summed E-state index contributed by atoms with van der Waals surface area (Å²) in [5, 5.41) is 0. The van der Waals surface area contributed by atoms with E-state index >= 15 is 0 Å². The lowest BCUT2D eigenvalue weighted by molar-refractivity contribution is 0.0895. The van der Waals surface area contributed by atoms with Gasteiger partial charge < -0.3 is 10.5 Å². The molecule has 1 aliphatic heterocycles. The Hall–Kier alpha value is -1.13. The van der Waals surface area contributed by atoms with Gasteiger partial charge in [0.2, 0.25) is 0 Å². The van der Waals surface area contributed by atoms with E-state index in [0.717, 1.165) is 11.4 Å². The summed E-state index contributed by atoms with van der Waals surface area (Å²) in [7, 11) is 1.70. The maximum Gasteiger partial charge on any atom is 0.142 e. The van der Waals surface area contributed by atoms with E-state index in [-0.39, 0.29) is 11.6 Å². The average molecular weight is 275 g/mol. The van der Waals surface area contributed by atoms with Gasteiger partial charge in [0.05, 0.1) is 13.2 Å². The fraction of sp³-hybridized carbons (Fsp3) is 0.688. The maximum atomic E-state index is 6.71. The summed E-state index contributed by atoms with van der Waals surface area (Å²) in [4.78, 5) is 7.16. The summed E-state index contributed by atoms with van der Waals surface area (Å²) in [5.74, 6) is 0.825. The number of ether oxygens (including phenoxy) is 1. The number of nitrogens with zero attached hydrogens (tertiary/aromatic N) is 2. The second-order valence-corrected chi connectivity index (χ2v) is 6.07. The van der Waals surface area contributed by atoms with Gasteiger partial charge in [-0.1, -0.05) is 12.8 Å². The Morgan fingerprint density at radius 2 is 1.95 bits per heavy atom. The molecule has 4 heteroatoms. The van der Waals surface area contributed by atoms with Gasteiger partial charge in [-0.05, 0) is 50.9 Å². The van der Waals surface area contributed by atoms with Crippen LogP contribution >= 0.6 is 0 Å². The summed E-state index contributed by atoms with van der Waals surface area (Å²) in [6.07, 6.45) is 9.35. The number of hydrogen-bond acceptors (Lipinski definition) is 4. The molecular formula is C16H25N3O. The van der Waals surface area contributed by atoms with Gasteiger partial charge in [-0.25, -0.2) is 0 Å². The van der Waals surface area contributed by atoms with Crippen LogP contribution in [-0.4, -0.2) is 35.6 Å². The highest BCUT2D eigenvalue weighted by Crippen LogP contribution is 2.45. The molecule has 1 aromatic rings. The normalized spacial score (nSPS) is 23.9. The minimum atomic E-state index is -0.0563. The number of aromatic nitrogens is 1. The van der Waals surface area contributed by atoms with Crippen molar-refractivity contribution in [2.75, 3.05) is 20.2 Å². The van der Waals surface area contributed by atoms with Crippen LogP contribution in [0.15, 0.2) is 18.3 Å². The monoisotopic (exact) mass is 275 g/mol. The molecule has 1 saturated carbocycles. The third-order valence-corrected chi connectivity index (χ3v) is 5.10. The molecule has 2 heterocycles. The molecule has 0 bridgehead atoms. The first-order valence-corrected chi connectivity index (χ1v) is 7.77. The van der Waals surface area contributed by atoms with Crippen molar-refractivity contribution in [2.24, 2.45) is 5.73 Å². The summed E-state index contributed by atoms with van der Waals surface area (Å²) in [5.41, 5.74) is 7.72. The van der Waals surface area contributed by atoms with Crippen molar-refractivity contribution in [3.63, 3.8) is 0 Å². The predicted molar refractivity (Wildman–Crippen MR) is 79.7 cm³/mol. The highest BCUT2D eigenvalue weighted by molar-refractivity contribution is 5.32. The standard InChI is InChI=1S/C16H25N3O/c1-20-13-7-6-10-18-14(13)15(17)16(8-2-3-9-16)19-11-4-5-12-19/h6-7,10,15H,2-5,8-9,11-12,17H2,1H3. The average Bonchev–Trinajstić information content (AvgIpc) is 3.17. The maximum absolute atomic E-state index is 6.71. The van der Waals surface area contributed by atoms with Crippen LogP contribution in [0.5, 0.6) is 5.75 Å². The van der Waals surface area contributed by atoms with Crippen molar-refractivity contribution in [3.05, 3.63) is 24.0 Å². The first-order chi connectivity index (χ1) is 9.78. The summed E-state index contributed by atoms with van der Waals surface area (Å²) < 4.78 is 5.47. The molecule has 4 nitrogen and oxygen atoms in total.